The summed E-state index contributed by atoms with van der Waals surface area (Å²) in [5.74, 6) is 0.864. The van der Waals surface area contributed by atoms with Gasteiger partial charge in [-0.3, -0.25) is 0 Å². The maximum Gasteiger partial charge on any atom is 0.0431 e. The molecule has 14 heavy (non-hydrogen) atoms. The van der Waals surface area contributed by atoms with Crippen LogP contribution in [0.5, 0.6) is 0 Å². The van der Waals surface area contributed by atoms with Crippen LogP contribution in [-0.4, -0.2) is 11.7 Å². The van der Waals surface area contributed by atoms with E-state index in [1.807, 2.05) is 0 Å². The molecule has 0 aromatic rings. The van der Waals surface area contributed by atoms with Gasteiger partial charge in [-0.25, -0.2) is 0 Å². The minimum atomic E-state index is 0.353. The standard InChI is InChI=1S/C13H26O/c1-3-5-6-7-10-13(4-2)11-8-9-12-14/h5-6,13-14H,3-4,7-12H2,1-2H3. The first kappa shape index (κ1) is 13.7. The van der Waals surface area contributed by atoms with E-state index in [1.165, 1.54) is 32.1 Å². The fourth-order valence-electron chi connectivity index (χ4n) is 1.71. The summed E-state index contributed by atoms with van der Waals surface area (Å²) in [5.41, 5.74) is 0. The topological polar surface area (TPSA) is 20.2 Å². The lowest BCUT2D eigenvalue weighted by atomic mass is 9.94. The highest BCUT2D eigenvalue weighted by Crippen LogP contribution is 2.18. The first-order valence-corrected chi connectivity index (χ1v) is 6.11. The van der Waals surface area contributed by atoms with Gasteiger partial charge in [0.1, 0.15) is 0 Å². The molecule has 1 heteroatoms. The molecule has 0 aliphatic carbocycles. The van der Waals surface area contributed by atoms with Gasteiger partial charge in [-0.15, -0.1) is 0 Å². The molecule has 1 N–H and O–H groups in total. The van der Waals surface area contributed by atoms with Crippen LogP contribution in [-0.2, 0) is 0 Å². The van der Waals surface area contributed by atoms with Crippen LogP contribution in [0.25, 0.3) is 0 Å². The maximum absolute atomic E-state index is 8.69. The smallest absolute Gasteiger partial charge is 0.0431 e. The predicted molar refractivity (Wildman–Crippen MR) is 63.4 cm³/mol. The van der Waals surface area contributed by atoms with Crippen molar-refractivity contribution in [2.24, 2.45) is 5.92 Å². The van der Waals surface area contributed by atoms with E-state index in [0.717, 1.165) is 18.8 Å². The van der Waals surface area contributed by atoms with Crippen molar-refractivity contribution in [2.75, 3.05) is 6.61 Å². The second-order valence-electron chi connectivity index (χ2n) is 3.95. The van der Waals surface area contributed by atoms with Gasteiger partial charge < -0.3 is 5.11 Å². The molecule has 0 saturated carbocycles. The van der Waals surface area contributed by atoms with Crippen molar-refractivity contribution in [1.29, 1.82) is 0 Å². The molecule has 0 bridgehead atoms. The summed E-state index contributed by atoms with van der Waals surface area (Å²) in [6, 6.07) is 0. The van der Waals surface area contributed by atoms with E-state index in [4.69, 9.17) is 5.11 Å². The Morgan fingerprint density at radius 2 is 1.86 bits per heavy atom. The largest absolute Gasteiger partial charge is 0.396 e. The zero-order chi connectivity index (χ0) is 10.6. The fraction of sp³-hybridized carbons (Fsp3) is 0.846. The van der Waals surface area contributed by atoms with Gasteiger partial charge in [0.15, 0.2) is 0 Å². The number of aliphatic hydroxyl groups excluding tert-OH is 1. The third kappa shape index (κ3) is 8.31. The zero-order valence-corrected chi connectivity index (χ0v) is 9.84. The van der Waals surface area contributed by atoms with E-state index in [1.54, 1.807) is 0 Å². The SMILES string of the molecule is CCC=CCCC(CC)CCCCO. The third-order valence-electron chi connectivity index (χ3n) is 2.74. The van der Waals surface area contributed by atoms with E-state index in [0.29, 0.717) is 6.61 Å². The first-order chi connectivity index (χ1) is 6.85. The van der Waals surface area contributed by atoms with E-state index < -0.39 is 0 Å². The molecule has 0 heterocycles. The normalized spacial score (nSPS) is 13.6. The van der Waals surface area contributed by atoms with Crippen LogP contribution in [0.4, 0.5) is 0 Å². The van der Waals surface area contributed by atoms with E-state index in [-0.39, 0.29) is 0 Å². The van der Waals surface area contributed by atoms with Crippen molar-refractivity contribution >= 4 is 0 Å². The van der Waals surface area contributed by atoms with E-state index in [9.17, 15) is 0 Å². The lowest BCUT2D eigenvalue weighted by Gasteiger charge is -2.12. The minimum Gasteiger partial charge on any atom is -0.396 e. The van der Waals surface area contributed by atoms with Gasteiger partial charge in [-0.1, -0.05) is 45.3 Å². The van der Waals surface area contributed by atoms with Gasteiger partial charge in [-0.05, 0) is 31.6 Å². The number of hydrogen-bond donors (Lipinski definition) is 1. The Balaban J connectivity index is 3.42. The van der Waals surface area contributed by atoms with Crippen LogP contribution < -0.4 is 0 Å². The second kappa shape index (κ2) is 10.8. The molecule has 0 radical (unpaired) electrons. The predicted octanol–water partition coefficient (Wildman–Crippen LogP) is 3.92. The average Bonchev–Trinajstić information content (AvgIpc) is 2.22. The Hall–Kier alpha value is -0.300. The zero-order valence-electron chi connectivity index (χ0n) is 9.84. The molecule has 0 fully saturated rings. The number of allylic oxidation sites excluding steroid dienone is 2. The Labute approximate surface area is 89.2 Å². The molecule has 84 valence electrons. The molecular weight excluding hydrogens is 172 g/mol. The Kier molecular flexibility index (Phi) is 10.5. The summed E-state index contributed by atoms with van der Waals surface area (Å²) >= 11 is 0. The highest BCUT2D eigenvalue weighted by molar-refractivity contribution is 4.80. The Morgan fingerprint density at radius 3 is 2.43 bits per heavy atom. The number of aliphatic hydroxyl groups is 1. The van der Waals surface area contributed by atoms with Crippen LogP contribution in [0, 0.1) is 5.92 Å². The number of unbranched alkanes of at least 4 members (excludes halogenated alkanes) is 1. The summed E-state index contributed by atoms with van der Waals surface area (Å²) in [7, 11) is 0. The molecule has 0 spiro atoms. The average molecular weight is 198 g/mol. The molecule has 1 nitrogen and oxygen atoms in total. The quantitative estimate of drug-likeness (QED) is 0.440. The van der Waals surface area contributed by atoms with Crippen LogP contribution in [0.3, 0.4) is 0 Å². The van der Waals surface area contributed by atoms with Crippen molar-refractivity contribution in [3.63, 3.8) is 0 Å². The summed E-state index contributed by atoms with van der Waals surface area (Å²) < 4.78 is 0. The van der Waals surface area contributed by atoms with Crippen LogP contribution in [0.1, 0.15) is 58.8 Å². The van der Waals surface area contributed by atoms with E-state index in [2.05, 4.69) is 26.0 Å². The molecule has 0 aliphatic rings. The molecule has 0 rings (SSSR count). The van der Waals surface area contributed by atoms with Gasteiger partial charge in [-0.2, -0.15) is 0 Å². The van der Waals surface area contributed by atoms with Gasteiger partial charge >= 0.3 is 0 Å². The molecule has 1 unspecified atom stereocenters. The van der Waals surface area contributed by atoms with Gasteiger partial charge in [0.2, 0.25) is 0 Å². The maximum atomic E-state index is 8.69. The molecule has 0 saturated heterocycles. The van der Waals surface area contributed by atoms with Crippen molar-refractivity contribution in [2.45, 2.75) is 58.8 Å². The second-order valence-corrected chi connectivity index (χ2v) is 3.95. The summed E-state index contributed by atoms with van der Waals surface area (Å²) in [6.45, 7) is 4.80. The molecule has 0 aliphatic heterocycles. The van der Waals surface area contributed by atoms with E-state index >= 15 is 0 Å². The fourth-order valence-corrected chi connectivity index (χ4v) is 1.71. The van der Waals surface area contributed by atoms with Crippen molar-refractivity contribution in [3.05, 3.63) is 12.2 Å². The molecule has 0 amide bonds. The van der Waals surface area contributed by atoms with Crippen LogP contribution in [0.15, 0.2) is 12.2 Å². The van der Waals surface area contributed by atoms with Crippen molar-refractivity contribution < 1.29 is 5.11 Å². The van der Waals surface area contributed by atoms with Crippen molar-refractivity contribution in [3.8, 4) is 0 Å². The summed E-state index contributed by atoms with van der Waals surface area (Å²) in [6.07, 6.45) is 13.0. The molecule has 0 aromatic carbocycles. The number of rotatable bonds is 9. The highest BCUT2D eigenvalue weighted by atomic mass is 16.2. The van der Waals surface area contributed by atoms with Gasteiger partial charge in [0.05, 0.1) is 0 Å². The monoisotopic (exact) mass is 198 g/mol. The minimum absolute atomic E-state index is 0.353. The van der Waals surface area contributed by atoms with Crippen LogP contribution >= 0.6 is 0 Å². The molecule has 1 atom stereocenters. The number of hydrogen-bond acceptors (Lipinski definition) is 1. The van der Waals surface area contributed by atoms with Crippen LogP contribution in [0.2, 0.25) is 0 Å². The molecular formula is C13H26O. The lowest BCUT2D eigenvalue weighted by molar-refractivity contribution is 0.275. The molecule has 0 aromatic heterocycles. The van der Waals surface area contributed by atoms with Gasteiger partial charge in [0.25, 0.3) is 0 Å². The van der Waals surface area contributed by atoms with Crippen molar-refractivity contribution in [1.82, 2.24) is 0 Å². The lowest BCUT2D eigenvalue weighted by Crippen LogP contribution is -1.99. The highest BCUT2D eigenvalue weighted by Gasteiger charge is 2.04. The third-order valence-corrected chi connectivity index (χ3v) is 2.74. The van der Waals surface area contributed by atoms with Gasteiger partial charge in [0, 0.05) is 6.61 Å². The first-order valence-electron chi connectivity index (χ1n) is 6.11. The summed E-state index contributed by atoms with van der Waals surface area (Å²) in [5, 5.41) is 8.69. The Morgan fingerprint density at radius 1 is 1.07 bits per heavy atom. The Bertz CT molecular complexity index is 129. The summed E-state index contributed by atoms with van der Waals surface area (Å²) in [4.78, 5) is 0.